The first kappa shape index (κ1) is 50.1. The van der Waals surface area contributed by atoms with E-state index in [1.54, 1.807) is 12.3 Å². The number of unbranched alkanes of at least 4 members (excludes halogenated alkanes) is 10. The number of pyridine rings is 2. The van der Waals surface area contributed by atoms with Crippen LogP contribution in [-0.4, -0.2) is 9.97 Å². The maximum absolute atomic E-state index is 16.1. The lowest BCUT2D eigenvalue weighted by atomic mass is 9.66. The number of rotatable bonds is 20. The molecule has 382 valence electrons. The molecule has 1 atom stereocenters. The van der Waals surface area contributed by atoms with Gasteiger partial charge in [0.2, 0.25) is 0 Å². The molecule has 2 aliphatic rings. The Labute approximate surface area is 456 Å². The van der Waals surface area contributed by atoms with Gasteiger partial charge in [-0.1, -0.05) is 236 Å². The molecular weight excluding hydrogens is 936 g/mol. The molecule has 0 radical (unpaired) electrons. The molecular formula is C74H69FN2. The van der Waals surface area contributed by atoms with E-state index in [2.05, 4.69) is 183 Å². The summed E-state index contributed by atoms with van der Waals surface area (Å²) in [5, 5.41) is 2.33. The van der Waals surface area contributed by atoms with Crippen molar-refractivity contribution in [3.8, 4) is 67.0 Å². The third kappa shape index (κ3) is 9.22. The Balaban J connectivity index is 1.02. The average Bonchev–Trinajstić information content (AvgIpc) is 4.05. The van der Waals surface area contributed by atoms with Crippen molar-refractivity contribution < 1.29 is 4.39 Å². The molecule has 1 unspecified atom stereocenters. The Morgan fingerprint density at radius 3 is 1.66 bits per heavy atom. The number of benzene rings is 8. The minimum absolute atomic E-state index is 0.0517. The van der Waals surface area contributed by atoms with Gasteiger partial charge in [-0.2, -0.15) is 0 Å². The van der Waals surface area contributed by atoms with Crippen LogP contribution in [0.1, 0.15) is 137 Å². The zero-order chi connectivity index (χ0) is 52.2. The first-order valence-corrected chi connectivity index (χ1v) is 28.8. The molecule has 0 aliphatic heterocycles. The Morgan fingerprint density at radius 2 is 0.948 bits per heavy atom. The second kappa shape index (κ2) is 22.1. The van der Waals surface area contributed by atoms with Crippen molar-refractivity contribution >= 4 is 10.8 Å². The van der Waals surface area contributed by atoms with Crippen molar-refractivity contribution in [2.45, 2.75) is 115 Å². The summed E-state index contributed by atoms with van der Waals surface area (Å²) in [5.74, 6) is -0.251. The molecule has 0 N–H and O–H groups in total. The largest absolute Gasteiger partial charge is 0.256 e. The lowest BCUT2D eigenvalue weighted by Gasteiger charge is -2.35. The monoisotopic (exact) mass is 1000 g/mol. The van der Waals surface area contributed by atoms with Gasteiger partial charge < -0.3 is 0 Å². The number of fused-ring (bicyclic) bond motifs is 7. The van der Waals surface area contributed by atoms with E-state index in [1.165, 1.54) is 145 Å². The van der Waals surface area contributed by atoms with Gasteiger partial charge in [0.1, 0.15) is 5.82 Å². The highest BCUT2D eigenvalue weighted by atomic mass is 19.1. The van der Waals surface area contributed by atoms with E-state index in [0.717, 1.165) is 50.2 Å². The van der Waals surface area contributed by atoms with Crippen molar-refractivity contribution in [1.82, 2.24) is 9.97 Å². The van der Waals surface area contributed by atoms with Gasteiger partial charge in [-0.05, 0) is 145 Å². The predicted octanol–water partition coefficient (Wildman–Crippen LogP) is 20.6. The third-order valence-electron chi connectivity index (χ3n) is 17.4. The van der Waals surface area contributed by atoms with E-state index < -0.39 is 5.41 Å². The van der Waals surface area contributed by atoms with Crippen LogP contribution in [0, 0.1) is 5.82 Å². The van der Waals surface area contributed by atoms with Crippen LogP contribution < -0.4 is 0 Å². The van der Waals surface area contributed by atoms with E-state index in [4.69, 9.17) is 4.98 Å². The summed E-state index contributed by atoms with van der Waals surface area (Å²) in [4.78, 5) is 9.49. The SMILES string of the molecule is CCCCCCCCC1(CCCCCCCC)c2ccccc2-c2cc3c(cc21)-c1ccccc1C3(c1ccc(-c2cccc(-c3nccc4ccccc34)c2)cc1)c1ccc(-c2cc(-c3ccccn3)ccc2F)cc1. The van der Waals surface area contributed by atoms with Crippen LogP contribution in [0.5, 0.6) is 0 Å². The Bertz CT molecular complexity index is 3670. The Kier molecular flexibility index (Phi) is 14.4. The van der Waals surface area contributed by atoms with Crippen molar-refractivity contribution in [3.05, 3.63) is 252 Å². The standard InChI is InChI=1S/C74H69FN2/c1-3-5-7-9-11-20-44-73(45-21-12-10-8-6-4-2)66-30-17-15-28-61(66)64-51-69-65(50-68(64)73)62-29-16-18-31-67(62)74(69,59-40-35-54(36-41-59)63-49-56(37-42-70(63)75)71-32-19-22-46-76-71)58-38-33-52(34-39-58)55-25-23-26-57(48-55)72-60-27-14-13-24-53(60)43-47-77-72/h13-19,22-43,46-51H,3-12,20-21,44-45H2,1-2H3. The predicted molar refractivity (Wildman–Crippen MR) is 321 cm³/mol. The molecule has 8 aromatic carbocycles. The molecule has 0 fully saturated rings. The minimum Gasteiger partial charge on any atom is -0.256 e. The van der Waals surface area contributed by atoms with Crippen LogP contribution in [-0.2, 0) is 10.8 Å². The number of aromatic nitrogens is 2. The zero-order valence-corrected chi connectivity index (χ0v) is 44.9. The van der Waals surface area contributed by atoms with Crippen LogP contribution in [0.15, 0.2) is 213 Å². The van der Waals surface area contributed by atoms with Gasteiger partial charge in [0.25, 0.3) is 0 Å². The van der Waals surface area contributed by atoms with Gasteiger partial charge in [-0.3, -0.25) is 9.97 Å². The highest BCUT2D eigenvalue weighted by Gasteiger charge is 2.50. The highest BCUT2D eigenvalue weighted by Crippen LogP contribution is 2.62. The number of nitrogens with zero attached hydrogens (tertiary/aromatic N) is 2. The fraction of sp³-hybridized carbons (Fsp3) is 0.243. The highest BCUT2D eigenvalue weighted by molar-refractivity contribution is 5.96. The summed E-state index contributed by atoms with van der Waals surface area (Å²) in [5.41, 5.74) is 20.1. The summed E-state index contributed by atoms with van der Waals surface area (Å²) < 4.78 is 16.1. The van der Waals surface area contributed by atoms with Crippen LogP contribution in [0.3, 0.4) is 0 Å². The van der Waals surface area contributed by atoms with Crippen LogP contribution in [0.2, 0.25) is 0 Å². The molecule has 2 aromatic heterocycles. The lowest BCUT2D eigenvalue weighted by Crippen LogP contribution is -2.29. The normalized spacial score (nSPS) is 14.8. The van der Waals surface area contributed by atoms with Crippen molar-refractivity contribution in [2.24, 2.45) is 0 Å². The van der Waals surface area contributed by atoms with Crippen LogP contribution in [0.4, 0.5) is 4.39 Å². The molecule has 10 aromatic rings. The molecule has 0 amide bonds. The molecule has 0 saturated heterocycles. The lowest BCUT2D eigenvalue weighted by molar-refractivity contribution is 0.398. The van der Waals surface area contributed by atoms with Gasteiger partial charge in [-0.15, -0.1) is 0 Å². The molecule has 2 aliphatic carbocycles. The Morgan fingerprint density at radius 1 is 0.364 bits per heavy atom. The maximum atomic E-state index is 16.1. The van der Waals surface area contributed by atoms with Gasteiger partial charge in [0, 0.05) is 39.9 Å². The van der Waals surface area contributed by atoms with Gasteiger partial charge in [-0.25, -0.2) is 4.39 Å². The van der Waals surface area contributed by atoms with E-state index in [9.17, 15) is 0 Å². The molecule has 77 heavy (non-hydrogen) atoms. The molecule has 0 saturated carbocycles. The van der Waals surface area contributed by atoms with E-state index in [-0.39, 0.29) is 11.2 Å². The fourth-order valence-corrected chi connectivity index (χ4v) is 13.5. The van der Waals surface area contributed by atoms with Gasteiger partial charge in [0.05, 0.1) is 16.8 Å². The molecule has 2 nitrogen and oxygen atoms in total. The fourth-order valence-electron chi connectivity index (χ4n) is 13.5. The van der Waals surface area contributed by atoms with E-state index in [1.807, 2.05) is 36.5 Å². The summed E-state index contributed by atoms with van der Waals surface area (Å²) in [6.45, 7) is 4.63. The summed E-state index contributed by atoms with van der Waals surface area (Å²) >= 11 is 0. The molecule has 3 heteroatoms. The molecule has 2 heterocycles. The zero-order valence-electron chi connectivity index (χ0n) is 44.9. The van der Waals surface area contributed by atoms with Gasteiger partial charge >= 0.3 is 0 Å². The van der Waals surface area contributed by atoms with E-state index in [0.29, 0.717) is 5.56 Å². The molecule has 12 rings (SSSR count). The molecule has 0 bridgehead atoms. The van der Waals surface area contributed by atoms with Crippen LogP contribution in [0.25, 0.3) is 77.8 Å². The number of hydrogen-bond acceptors (Lipinski definition) is 2. The quantitative estimate of drug-likeness (QED) is 0.0711. The smallest absolute Gasteiger partial charge is 0.131 e. The topological polar surface area (TPSA) is 25.8 Å². The summed E-state index contributed by atoms with van der Waals surface area (Å²) in [6, 6.07) is 72.7. The summed E-state index contributed by atoms with van der Waals surface area (Å²) in [7, 11) is 0. The van der Waals surface area contributed by atoms with Crippen molar-refractivity contribution in [2.75, 3.05) is 0 Å². The van der Waals surface area contributed by atoms with Crippen LogP contribution >= 0.6 is 0 Å². The average molecular weight is 1010 g/mol. The molecule has 0 spiro atoms. The van der Waals surface area contributed by atoms with Crippen molar-refractivity contribution in [1.29, 1.82) is 0 Å². The number of halogens is 1. The third-order valence-corrected chi connectivity index (χ3v) is 17.4. The number of hydrogen-bond donors (Lipinski definition) is 0. The van der Waals surface area contributed by atoms with E-state index >= 15 is 4.39 Å². The first-order chi connectivity index (χ1) is 38.0. The van der Waals surface area contributed by atoms with Gasteiger partial charge in [0.15, 0.2) is 0 Å². The van der Waals surface area contributed by atoms with Crippen molar-refractivity contribution in [3.63, 3.8) is 0 Å². The second-order valence-corrected chi connectivity index (χ2v) is 21.9. The maximum Gasteiger partial charge on any atom is 0.131 e. The summed E-state index contributed by atoms with van der Waals surface area (Å²) in [6.07, 6.45) is 21.5. The Hall–Kier alpha value is -7.75. The minimum atomic E-state index is -0.681. The first-order valence-electron chi connectivity index (χ1n) is 28.8. The second-order valence-electron chi connectivity index (χ2n) is 21.9.